The second-order valence-corrected chi connectivity index (χ2v) is 11.3. The van der Waals surface area contributed by atoms with Crippen molar-refractivity contribution in [1.29, 1.82) is 0 Å². The molecule has 4 nitrogen and oxygen atoms in total. The summed E-state index contributed by atoms with van der Waals surface area (Å²) in [5.41, 5.74) is -0.169. The molecular formula is C25H37NO3. The average Bonchev–Trinajstić information content (AvgIpc) is 2.97. The van der Waals surface area contributed by atoms with Gasteiger partial charge in [-0.1, -0.05) is 26.0 Å². The molecule has 0 radical (unpaired) electrons. The van der Waals surface area contributed by atoms with Gasteiger partial charge in [0, 0.05) is 42.7 Å². The first kappa shape index (κ1) is 19.9. The first-order chi connectivity index (χ1) is 13.9. The molecule has 0 aromatic heterocycles. The van der Waals surface area contributed by atoms with Crippen LogP contribution >= 0.6 is 0 Å². The van der Waals surface area contributed by atoms with Gasteiger partial charge in [0.2, 0.25) is 0 Å². The molecule has 4 heteroatoms. The fourth-order valence-electron chi connectivity index (χ4n) is 8.13. The minimum absolute atomic E-state index is 0.00765. The van der Waals surface area contributed by atoms with E-state index in [0.29, 0.717) is 35.7 Å². The molecular weight excluding hydrogens is 362 g/mol. The normalized spacial score (nSPS) is 50.2. The van der Waals surface area contributed by atoms with E-state index in [-0.39, 0.29) is 41.1 Å². The lowest BCUT2D eigenvalue weighted by Gasteiger charge is -2.61. The molecule has 1 aliphatic heterocycles. The van der Waals surface area contributed by atoms with Gasteiger partial charge in [0.25, 0.3) is 0 Å². The van der Waals surface area contributed by atoms with Crippen molar-refractivity contribution in [3.05, 3.63) is 12.2 Å². The summed E-state index contributed by atoms with van der Waals surface area (Å²) in [5, 5.41) is 13.6. The molecule has 1 unspecified atom stereocenters. The topological polar surface area (TPSA) is 66.4 Å². The Balaban J connectivity index is 1.43. The van der Waals surface area contributed by atoms with Gasteiger partial charge in [0.1, 0.15) is 11.6 Å². The highest BCUT2D eigenvalue weighted by atomic mass is 16.3. The number of carbonyl (C=O) groups excluding carboxylic acids is 2. The zero-order chi connectivity index (χ0) is 20.4. The van der Waals surface area contributed by atoms with Gasteiger partial charge in [-0.15, -0.1) is 0 Å². The Bertz CT molecular complexity index is 728. The predicted octanol–water partition coefficient (Wildman–Crippen LogP) is 3.39. The molecule has 0 amide bonds. The molecule has 0 aromatic carbocycles. The molecule has 1 saturated heterocycles. The van der Waals surface area contributed by atoms with Crippen molar-refractivity contribution >= 4 is 11.6 Å². The Morgan fingerprint density at radius 1 is 1.00 bits per heavy atom. The number of Topliss-reactive ketones (excluding diaryl/α,β-unsaturated/α-hetero) is 2. The average molecular weight is 400 g/mol. The molecule has 1 heterocycles. The van der Waals surface area contributed by atoms with Crippen molar-refractivity contribution < 1.29 is 14.7 Å². The standard InChI is InChI=1S/C25H37NO3/c1-24-9-7-15(3-4-16-12-26-13-16)11-20(24)17(14-27)23(29)22-18-5-6-21(28)25(18,2)10-8-19(22)24/h3-4,15-20,22,26-27H,5-14H2,1-2H3/t15-,17-,18+,19+,20?,22+,24-,25+/m1/s1. The van der Waals surface area contributed by atoms with Crippen LogP contribution in [0.5, 0.6) is 0 Å². The zero-order valence-corrected chi connectivity index (χ0v) is 18.0. The van der Waals surface area contributed by atoms with Crippen molar-refractivity contribution in [3.8, 4) is 0 Å². The SMILES string of the molecule is C[C@]12CC[C@@H](C=CC3CNC3)CC1[C@@H](CO)C(=O)[C@@H]1[C@@H]2CC[C@]2(C)C(=O)CC[C@@H]12. The quantitative estimate of drug-likeness (QED) is 0.714. The lowest BCUT2D eigenvalue weighted by molar-refractivity contribution is -0.171. The molecule has 5 aliphatic rings. The molecule has 160 valence electrons. The van der Waals surface area contributed by atoms with Crippen LogP contribution in [0.15, 0.2) is 12.2 Å². The zero-order valence-electron chi connectivity index (χ0n) is 18.0. The van der Waals surface area contributed by atoms with E-state index in [1.807, 2.05) is 0 Å². The first-order valence-electron chi connectivity index (χ1n) is 12.0. The summed E-state index contributed by atoms with van der Waals surface area (Å²) in [4.78, 5) is 26.4. The number of aliphatic hydroxyl groups excluding tert-OH is 1. The van der Waals surface area contributed by atoms with Gasteiger partial charge in [-0.3, -0.25) is 9.59 Å². The van der Waals surface area contributed by atoms with Gasteiger partial charge in [0.15, 0.2) is 0 Å². The minimum Gasteiger partial charge on any atom is -0.396 e. The van der Waals surface area contributed by atoms with Gasteiger partial charge in [0.05, 0.1) is 6.61 Å². The number of nitrogens with one attached hydrogen (secondary N) is 1. The van der Waals surface area contributed by atoms with Crippen LogP contribution < -0.4 is 5.32 Å². The van der Waals surface area contributed by atoms with Crippen LogP contribution in [0.1, 0.15) is 58.8 Å². The maximum Gasteiger partial charge on any atom is 0.142 e. The molecule has 2 N–H and O–H groups in total. The maximum absolute atomic E-state index is 13.7. The number of fused-ring (bicyclic) bond motifs is 5. The number of ketones is 2. The second-order valence-electron chi connectivity index (χ2n) is 11.3. The van der Waals surface area contributed by atoms with E-state index in [1.54, 1.807) is 0 Å². The summed E-state index contributed by atoms with van der Waals surface area (Å²) in [7, 11) is 0. The van der Waals surface area contributed by atoms with Crippen molar-refractivity contribution in [3.63, 3.8) is 0 Å². The fraction of sp³-hybridized carbons (Fsp3) is 0.840. The van der Waals surface area contributed by atoms with Crippen molar-refractivity contribution in [1.82, 2.24) is 5.32 Å². The van der Waals surface area contributed by atoms with Gasteiger partial charge in [-0.25, -0.2) is 0 Å². The molecule has 5 rings (SSSR count). The molecule has 5 fully saturated rings. The Kier molecular flexibility index (Phi) is 4.82. The lowest BCUT2D eigenvalue weighted by atomic mass is 9.42. The molecule has 4 aliphatic carbocycles. The summed E-state index contributed by atoms with van der Waals surface area (Å²) >= 11 is 0. The van der Waals surface area contributed by atoms with Crippen molar-refractivity contribution in [2.24, 2.45) is 52.3 Å². The van der Waals surface area contributed by atoms with Crippen LogP contribution in [0.3, 0.4) is 0 Å². The number of hydrogen-bond acceptors (Lipinski definition) is 4. The van der Waals surface area contributed by atoms with E-state index in [0.717, 1.165) is 45.2 Å². The molecule has 4 saturated carbocycles. The van der Waals surface area contributed by atoms with E-state index < -0.39 is 0 Å². The Morgan fingerprint density at radius 2 is 1.76 bits per heavy atom. The molecule has 8 atom stereocenters. The van der Waals surface area contributed by atoms with Gasteiger partial charge in [-0.05, 0) is 67.6 Å². The second kappa shape index (κ2) is 7.02. The van der Waals surface area contributed by atoms with E-state index in [9.17, 15) is 14.7 Å². The summed E-state index contributed by atoms with van der Waals surface area (Å²) in [6.07, 6.45) is 11.6. The molecule has 0 aromatic rings. The molecule has 29 heavy (non-hydrogen) atoms. The van der Waals surface area contributed by atoms with E-state index in [4.69, 9.17) is 0 Å². The van der Waals surface area contributed by atoms with Crippen LogP contribution in [-0.4, -0.2) is 36.4 Å². The Labute approximate surface area is 174 Å². The van der Waals surface area contributed by atoms with Gasteiger partial charge in [-0.2, -0.15) is 0 Å². The highest BCUT2D eigenvalue weighted by molar-refractivity contribution is 5.91. The molecule has 0 spiro atoms. The number of allylic oxidation sites excluding steroid dienone is 1. The predicted molar refractivity (Wildman–Crippen MR) is 112 cm³/mol. The first-order valence-corrected chi connectivity index (χ1v) is 12.0. The minimum atomic E-state index is -0.295. The summed E-state index contributed by atoms with van der Waals surface area (Å²) < 4.78 is 0. The third-order valence-corrected chi connectivity index (χ3v) is 10.1. The Morgan fingerprint density at radius 3 is 2.45 bits per heavy atom. The van der Waals surface area contributed by atoms with Gasteiger partial charge < -0.3 is 10.4 Å². The van der Waals surface area contributed by atoms with E-state index in [2.05, 4.69) is 31.3 Å². The monoisotopic (exact) mass is 399 g/mol. The third kappa shape index (κ3) is 2.85. The third-order valence-electron chi connectivity index (χ3n) is 10.1. The van der Waals surface area contributed by atoms with E-state index >= 15 is 0 Å². The maximum atomic E-state index is 13.7. The summed E-state index contributed by atoms with van der Waals surface area (Å²) in [6.45, 7) is 6.69. The van der Waals surface area contributed by atoms with Crippen LogP contribution in [0.4, 0.5) is 0 Å². The van der Waals surface area contributed by atoms with Gasteiger partial charge >= 0.3 is 0 Å². The Hall–Kier alpha value is -1.00. The van der Waals surface area contributed by atoms with E-state index in [1.165, 1.54) is 6.42 Å². The number of aliphatic hydroxyl groups is 1. The smallest absolute Gasteiger partial charge is 0.142 e. The van der Waals surface area contributed by atoms with Crippen molar-refractivity contribution in [2.75, 3.05) is 19.7 Å². The fourth-order valence-corrected chi connectivity index (χ4v) is 8.13. The lowest BCUT2D eigenvalue weighted by Crippen LogP contribution is -2.61. The van der Waals surface area contributed by atoms with Crippen LogP contribution in [-0.2, 0) is 9.59 Å². The number of carbonyl (C=O) groups is 2. The summed E-state index contributed by atoms with van der Waals surface area (Å²) in [6, 6.07) is 0. The van der Waals surface area contributed by atoms with Crippen LogP contribution in [0.25, 0.3) is 0 Å². The summed E-state index contributed by atoms with van der Waals surface area (Å²) in [5.74, 6) is 2.51. The number of hydrogen-bond donors (Lipinski definition) is 2. The number of rotatable bonds is 3. The van der Waals surface area contributed by atoms with Crippen LogP contribution in [0.2, 0.25) is 0 Å². The van der Waals surface area contributed by atoms with Crippen LogP contribution in [0, 0.1) is 52.3 Å². The largest absolute Gasteiger partial charge is 0.396 e. The highest BCUT2D eigenvalue weighted by Crippen LogP contribution is 2.66. The van der Waals surface area contributed by atoms with Crippen molar-refractivity contribution in [2.45, 2.75) is 58.8 Å². The molecule has 0 bridgehead atoms. The highest BCUT2D eigenvalue weighted by Gasteiger charge is 2.64.